The number of ether oxygens (including phenoxy) is 2. The van der Waals surface area contributed by atoms with Crippen LogP contribution in [0.1, 0.15) is 28.8 Å². The van der Waals surface area contributed by atoms with Crippen molar-refractivity contribution in [1.29, 1.82) is 0 Å². The predicted molar refractivity (Wildman–Crippen MR) is 107 cm³/mol. The highest BCUT2D eigenvalue weighted by Crippen LogP contribution is 2.34. The Morgan fingerprint density at radius 1 is 1.14 bits per heavy atom. The Morgan fingerprint density at radius 2 is 1.86 bits per heavy atom. The van der Waals surface area contributed by atoms with Crippen LogP contribution >= 0.6 is 0 Å². The molecule has 1 aromatic carbocycles. The molecule has 2 aromatic heterocycles. The fraction of sp³-hybridized carbons (Fsp3) is 0.381. The lowest BCUT2D eigenvalue weighted by molar-refractivity contribution is 0.0512. The normalized spacial score (nSPS) is 14.5. The molecule has 0 N–H and O–H groups in total. The number of carbonyl (C=O) groups is 1. The lowest BCUT2D eigenvalue weighted by Gasteiger charge is -2.28. The first-order chi connectivity index (χ1) is 13.6. The lowest BCUT2D eigenvalue weighted by Crippen LogP contribution is -2.37. The fourth-order valence-electron chi connectivity index (χ4n) is 3.63. The van der Waals surface area contributed by atoms with Gasteiger partial charge in [-0.15, -0.1) is 0 Å². The first-order valence-electron chi connectivity index (χ1n) is 9.56. The number of nitrogens with zero attached hydrogens (tertiary/aromatic N) is 4. The molecule has 0 spiro atoms. The number of rotatable bonds is 4. The third-order valence-corrected chi connectivity index (χ3v) is 5.12. The second-order valence-electron chi connectivity index (χ2n) is 6.77. The maximum atomic E-state index is 12.5. The van der Waals surface area contributed by atoms with E-state index in [9.17, 15) is 4.79 Å². The summed E-state index contributed by atoms with van der Waals surface area (Å²) in [6.45, 7) is 8.93. The quantitative estimate of drug-likeness (QED) is 0.648. The van der Waals surface area contributed by atoms with Crippen molar-refractivity contribution in [1.82, 2.24) is 14.5 Å². The summed E-state index contributed by atoms with van der Waals surface area (Å²) in [5.74, 6) is 0.354. The van der Waals surface area contributed by atoms with E-state index in [4.69, 9.17) is 9.47 Å². The molecule has 1 fully saturated rings. The van der Waals surface area contributed by atoms with Crippen LogP contribution in [0, 0.1) is 13.8 Å². The standard InChI is InChI=1S/C21H24N4O3/c1-4-28-21(26)18-22-19(24-10-12-27-13-11-24)17-14(2)15(3)25(20(17)23-18)16-8-6-5-7-9-16/h5-9H,4,10-13H2,1-3H3. The van der Waals surface area contributed by atoms with Crippen LogP contribution in [-0.4, -0.2) is 53.4 Å². The molecule has 1 saturated heterocycles. The van der Waals surface area contributed by atoms with Gasteiger partial charge in [-0.3, -0.25) is 4.57 Å². The van der Waals surface area contributed by atoms with Crippen molar-refractivity contribution in [2.75, 3.05) is 37.8 Å². The molecule has 7 nitrogen and oxygen atoms in total. The highest BCUT2D eigenvalue weighted by atomic mass is 16.5. The number of hydrogen-bond donors (Lipinski definition) is 0. The minimum Gasteiger partial charge on any atom is -0.460 e. The van der Waals surface area contributed by atoms with Crippen molar-refractivity contribution in [2.24, 2.45) is 0 Å². The summed E-state index contributed by atoms with van der Waals surface area (Å²) in [7, 11) is 0. The van der Waals surface area contributed by atoms with Crippen LogP contribution < -0.4 is 4.90 Å². The van der Waals surface area contributed by atoms with Crippen LogP contribution in [0.2, 0.25) is 0 Å². The van der Waals surface area contributed by atoms with E-state index in [0.29, 0.717) is 13.2 Å². The topological polar surface area (TPSA) is 69.5 Å². The lowest BCUT2D eigenvalue weighted by atomic mass is 10.2. The molecule has 3 aromatic rings. The van der Waals surface area contributed by atoms with Crippen LogP contribution in [0.15, 0.2) is 30.3 Å². The van der Waals surface area contributed by atoms with Crippen LogP contribution in [0.25, 0.3) is 16.7 Å². The largest absolute Gasteiger partial charge is 0.460 e. The van der Waals surface area contributed by atoms with E-state index in [2.05, 4.69) is 33.3 Å². The van der Waals surface area contributed by atoms with Crippen molar-refractivity contribution in [3.8, 4) is 5.69 Å². The zero-order chi connectivity index (χ0) is 19.7. The zero-order valence-corrected chi connectivity index (χ0v) is 16.4. The highest BCUT2D eigenvalue weighted by Gasteiger charge is 2.26. The van der Waals surface area contributed by atoms with Crippen molar-refractivity contribution in [2.45, 2.75) is 20.8 Å². The smallest absolute Gasteiger partial charge is 0.376 e. The van der Waals surface area contributed by atoms with Crippen LogP contribution in [0.4, 0.5) is 5.82 Å². The Kier molecular flexibility index (Phi) is 5.00. The number of para-hydroxylation sites is 1. The second-order valence-corrected chi connectivity index (χ2v) is 6.77. The molecule has 0 radical (unpaired) electrons. The first-order valence-corrected chi connectivity index (χ1v) is 9.56. The number of anilines is 1. The summed E-state index contributed by atoms with van der Waals surface area (Å²) in [5, 5.41) is 0.969. The van der Waals surface area contributed by atoms with Crippen LogP contribution in [0.5, 0.6) is 0 Å². The summed E-state index contributed by atoms with van der Waals surface area (Å²) in [6, 6.07) is 10.0. The second kappa shape index (κ2) is 7.59. The molecule has 28 heavy (non-hydrogen) atoms. The predicted octanol–water partition coefficient (Wildman–Crippen LogP) is 3.05. The van der Waals surface area contributed by atoms with E-state index in [1.54, 1.807) is 6.92 Å². The molecule has 0 amide bonds. The molecule has 7 heteroatoms. The Balaban J connectivity index is 2.00. The van der Waals surface area contributed by atoms with Gasteiger partial charge in [-0.05, 0) is 38.5 Å². The Labute approximate surface area is 163 Å². The van der Waals surface area contributed by atoms with Crippen molar-refractivity contribution in [3.05, 3.63) is 47.4 Å². The van der Waals surface area contributed by atoms with Gasteiger partial charge >= 0.3 is 5.97 Å². The average molecular weight is 380 g/mol. The molecule has 3 heterocycles. The highest BCUT2D eigenvalue weighted by molar-refractivity contribution is 5.97. The molecular formula is C21H24N4O3. The van der Waals surface area contributed by atoms with Crippen molar-refractivity contribution in [3.63, 3.8) is 0 Å². The fourth-order valence-corrected chi connectivity index (χ4v) is 3.63. The van der Waals surface area contributed by atoms with Gasteiger partial charge in [-0.1, -0.05) is 18.2 Å². The van der Waals surface area contributed by atoms with Gasteiger partial charge in [0.05, 0.1) is 25.2 Å². The molecule has 1 aliphatic heterocycles. The number of benzene rings is 1. The molecule has 0 bridgehead atoms. The van der Waals surface area contributed by atoms with Gasteiger partial charge in [0.25, 0.3) is 0 Å². The van der Waals surface area contributed by atoms with Gasteiger partial charge in [0.15, 0.2) is 5.65 Å². The Hall–Kier alpha value is -2.93. The minimum atomic E-state index is -0.505. The van der Waals surface area contributed by atoms with E-state index < -0.39 is 5.97 Å². The van der Waals surface area contributed by atoms with E-state index in [0.717, 1.165) is 46.9 Å². The molecule has 146 valence electrons. The first kappa shape index (κ1) is 18.4. The summed E-state index contributed by atoms with van der Waals surface area (Å²) in [4.78, 5) is 23.9. The van der Waals surface area contributed by atoms with E-state index in [-0.39, 0.29) is 12.4 Å². The van der Waals surface area contributed by atoms with Gasteiger partial charge in [-0.2, -0.15) is 0 Å². The van der Waals surface area contributed by atoms with Crippen LogP contribution in [0.3, 0.4) is 0 Å². The maximum absolute atomic E-state index is 12.5. The van der Waals surface area contributed by atoms with Gasteiger partial charge in [0, 0.05) is 24.5 Å². The minimum absolute atomic E-state index is 0.0884. The molecule has 0 unspecified atom stereocenters. The van der Waals surface area contributed by atoms with E-state index in [1.165, 1.54) is 0 Å². The summed E-state index contributed by atoms with van der Waals surface area (Å²) in [5.41, 5.74) is 3.90. The number of fused-ring (bicyclic) bond motifs is 1. The Morgan fingerprint density at radius 3 is 2.54 bits per heavy atom. The summed E-state index contributed by atoms with van der Waals surface area (Å²) in [6.07, 6.45) is 0. The van der Waals surface area contributed by atoms with Gasteiger partial charge in [0.2, 0.25) is 5.82 Å². The maximum Gasteiger partial charge on any atom is 0.376 e. The van der Waals surface area contributed by atoms with Crippen LogP contribution in [-0.2, 0) is 9.47 Å². The molecule has 4 rings (SSSR count). The number of carbonyl (C=O) groups excluding carboxylic acids is 1. The molecule has 0 saturated carbocycles. The van der Waals surface area contributed by atoms with E-state index in [1.807, 2.05) is 30.3 Å². The number of aryl methyl sites for hydroxylation is 1. The van der Waals surface area contributed by atoms with Crippen molar-refractivity contribution >= 4 is 22.8 Å². The average Bonchev–Trinajstić information content (AvgIpc) is 2.99. The van der Waals surface area contributed by atoms with Gasteiger partial charge in [-0.25, -0.2) is 14.8 Å². The van der Waals surface area contributed by atoms with E-state index >= 15 is 0 Å². The number of hydrogen-bond acceptors (Lipinski definition) is 6. The zero-order valence-electron chi connectivity index (χ0n) is 16.4. The summed E-state index contributed by atoms with van der Waals surface area (Å²) < 4.78 is 12.8. The third-order valence-electron chi connectivity index (χ3n) is 5.12. The number of esters is 1. The number of morpholine rings is 1. The Bertz CT molecular complexity index is 1010. The third kappa shape index (κ3) is 3.11. The molecule has 1 aliphatic rings. The SMILES string of the molecule is CCOC(=O)c1nc(N2CCOCC2)c2c(C)c(C)n(-c3ccccc3)c2n1. The van der Waals surface area contributed by atoms with Gasteiger partial charge < -0.3 is 14.4 Å². The monoisotopic (exact) mass is 380 g/mol. The molecule has 0 atom stereocenters. The van der Waals surface area contributed by atoms with Gasteiger partial charge in [0.1, 0.15) is 5.82 Å². The molecule has 0 aliphatic carbocycles. The summed E-state index contributed by atoms with van der Waals surface area (Å²) >= 11 is 0. The number of aromatic nitrogens is 3. The van der Waals surface area contributed by atoms with Crippen molar-refractivity contribution < 1.29 is 14.3 Å². The molecular weight excluding hydrogens is 356 g/mol.